The molecule has 0 spiro atoms. The molecule has 0 aromatic heterocycles. The molecule has 4 heteroatoms. The molecule has 1 aliphatic heterocycles. The van der Waals surface area contributed by atoms with Gasteiger partial charge in [-0.15, -0.1) is 0 Å². The first-order valence-corrected chi connectivity index (χ1v) is 5.32. The van der Waals surface area contributed by atoms with Gasteiger partial charge in [-0.25, -0.2) is 0 Å². The average molecular weight is 203 g/mol. The fourth-order valence-corrected chi connectivity index (χ4v) is 1.43. The Labute approximate surface area is 85.9 Å². The van der Waals surface area contributed by atoms with Gasteiger partial charge in [-0.3, -0.25) is 0 Å². The molecule has 0 aliphatic carbocycles. The summed E-state index contributed by atoms with van der Waals surface area (Å²) < 4.78 is 15.8. The molecule has 0 bridgehead atoms. The normalized spacial score (nSPS) is 21.6. The average Bonchev–Trinajstić information content (AvgIpc) is 2.69. The van der Waals surface area contributed by atoms with Crippen molar-refractivity contribution in [2.24, 2.45) is 0 Å². The van der Waals surface area contributed by atoms with E-state index in [2.05, 4.69) is 5.32 Å². The lowest BCUT2D eigenvalue weighted by atomic mass is 10.3. The van der Waals surface area contributed by atoms with Crippen LogP contribution in [0.4, 0.5) is 0 Å². The Morgan fingerprint density at radius 3 is 2.86 bits per heavy atom. The fourth-order valence-electron chi connectivity index (χ4n) is 1.43. The van der Waals surface area contributed by atoms with Crippen LogP contribution in [0.15, 0.2) is 0 Å². The summed E-state index contributed by atoms with van der Waals surface area (Å²) in [7, 11) is 1.68. The minimum atomic E-state index is 0.425. The molecule has 84 valence electrons. The Balaban J connectivity index is 1.75. The standard InChI is InChI=1S/C10H21NO3/c1-12-7-8-13-5-2-6-14-10-3-4-11-9-10/h10-11H,2-9H2,1H3/t10-/m1/s1. The summed E-state index contributed by atoms with van der Waals surface area (Å²) in [5, 5.41) is 3.27. The molecule has 0 radical (unpaired) electrons. The Bertz CT molecular complexity index is 127. The highest BCUT2D eigenvalue weighted by Gasteiger charge is 2.13. The quantitative estimate of drug-likeness (QED) is 0.580. The SMILES string of the molecule is COCCOCCCO[C@@H]1CCNC1. The van der Waals surface area contributed by atoms with Gasteiger partial charge in [0.2, 0.25) is 0 Å². The molecule has 1 rings (SSSR count). The molecule has 1 fully saturated rings. The molecule has 1 N–H and O–H groups in total. The van der Waals surface area contributed by atoms with E-state index < -0.39 is 0 Å². The highest BCUT2D eigenvalue weighted by atomic mass is 16.5. The maximum absolute atomic E-state index is 5.64. The van der Waals surface area contributed by atoms with Crippen LogP contribution in [0, 0.1) is 0 Å². The second-order valence-corrected chi connectivity index (χ2v) is 3.44. The van der Waals surface area contributed by atoms with Crippen LogP contribution in [-0.2, 0) is 14.2 Å². The largest absolute Gasteiger partial charge is 0.382 e. The van der Waals surface area contributed by atoms with Crippen molar-refractivity contribution in [3.8, 4) is 0 Å². The molecular weight excluding hydrogens is 182 g/mol. The van der Waals surface area contributed by atoms with Crippen molar-refractivity contribution in [3.05, 3.63) is 0 Å². The van der Waals surface area contributed by atoms with Gasteiger partial charge in [0, 0.05) is 26.9 Å². The summed E-state index contributed by atoms with van der Waals surface area (Å²) in [6.45, 7) is 5.03. The predicted molar refractivity (Wildman–Crippen MR) is 54.5 cm³/mol. The van der Waals surface area contributed by atoms with Gasteiger partial charge >= 0.3 is 0 Å². The van der Waals surface area contributed by atoms with Gasteiger partial charge in [-0.05, 0) is 19.4 Å². The first kappa shape index (κ1) is 11.9. The van der Waals surface area contributed by atoms with Crippen LogP contribution in [0.5, 0.6) is 0 Å². The van der Waals surface area contributed by atoms with Crippen molar-refractivity contribution in [1.29, 1.82) is 0 Å². The van der Waals surface area contributed by atoms with Gasteiger partial charge in [0.25, 0.3) is 0 Å². The summed E-state index contributed by atoms with van der Waals surface area (Å²) in [5.74, 6) is 0. The summed E-state index contributed by atoms with van der Waals surface area (Å²) in [6, 6.07) is 0. The van der Waals surface area contributed by atoms with Crippen molar-refractivity contribution >= 4 is 0 Å². The van der Waals surface area contributed by atoms with E-state index >= 15 is 0 Å². The van der Waals surface area contributed by atoms with Crippen LogP contribution in [0.3, 0.4) is 0 Å². The molecule has 0 amide bonds. The molecule has 4 nitrogen and oxygen atoms in total. The minimum absolute atomic E-state index is 0.425. The maximum atomic E-state index is 5.64. The second-order valence-electron chi connectivity index (χ2n) is 3.44. The molecule has 0 saturated carbocycles. The zero-order valence-electron chi connectivity index (χ0n) is 8.96. The highest BCUT2D eigenvalue weighted by molar-refractivity contribution is 4.70. The van der Waals surface area contributed by atoms with Crippen molar-refractivity contribution in [3.63, 3.8) is 0 Å². The fraction of sp³-hybridized carbons (Fsp3) is 1.00. The molecular formula is C10H21NO3. The van der Waals surface area contributed by atoms with Gasteiger partial charge in [-0.1, -0.05) is 0 Å². The molecule has 1 aliphatic rings. The van der Waals surface area contributed by atoms with E-state index in [1.807, 2.05) is 0 Å². The Morgan fingerprint density at radius 1 is 1.21 bits per heavy atom. The summed E-state index contributed by atoms with van der Waals surface area (Å²) in [4.78, 5) is 0. The number of nitrogens with one attached hydrogen (secondary N) is 1. The van der Waals surface area contributed by atoms with Crippen LogP contribution in [0.2, 0.25) is 0 Å². The van der Waals surface area contributed by atoms with E-state index in [4.69, 9.17) is 14.2 Å². The Kier molecular flexibility index (Phi) is 6.95. The van der Waals surface area contributed by atoms with Crippen molar-refractivity contribution in [2.75, 3.05) is 46.6 Å². The van der Waals surface area contributed by atoms with E-state index in [0.717, 1.165) is 39.1 Å². The lowest BCUT2D eigenvalue weighted by molar-refractivity contribution is 0.0307. The molecule has 1 heterocycles. The third kappa shape index (κ3) is 5.54. The van der Waals surface area contributed by atoms with Gasteiger partial charge in [0.1, 0.15) is 0 Å². The number of rotatable bonds is 8. The summed E-state index contributed by atoms with van der Waals surface area (Å²) in [5.41, 5.74) is 0. The van der Waals surface area contributed by atoms with Gasteiger partial charge in [0.15, 0.2) is 0 Å². The number of hydrogen-bond donors (Lipinski definition) is 1. The monoisotopic (exact) mass is 203 g/mol. The topological polar surface area (TPSA) is 39.7 Å². The Morgan fingerprint density at radius 2 is 2.14 bits per heavy atom. The molecule has 1 atom stereocenters. The first-order valence-electron chi connectivity index (χ1n) is 5.32. The third-order valence-electron chi connectivity index (χ3n) is 2.23. The van der Waals surface area contributed by atoms with Crippen LogP contribution >= 0.6 is 0 Å². The minimum Gasteiger partial charge on any atom is -0.382 e. The van der Waals surface area contributed by atoms with Crippen molar-refractivity contribution in [2.45, 2.75) is 18.9 Å². The number of ether oxygens (including phenoxy) is 3. The maximum Gasteiger partial charge on any atom is 0.0711 e. The van der Waals surface area contributed by atoms with E-state index in [-0.39, 0.29) is 0 Å². The molecule has 0 unspecified atom stereocenters. The lowest BCUT2D eigenvalue weighted by Gasteiger charge is -2.10. The number of hydrogen-bond acceptors (Lipinski definition) is 4. The Hall–Kier alpha value is -0.160. The molecule has 0 aromatic carbocycles. The van der Waals surface area contributed by atoms with Crippen LogP contribution in [0.25, 0.3) is 0 Å². The smallest absolute Gasteiger partial charge is 0.0711 e. The third-order valence-corrected chi connectivity index (χ3v) is 2.23. The van der Waals surface area contributed by atoms with Crippen LogP contribution in [0.1, 0.15) is 12.8 Å². The zero-order chi connectivity index (χ0) is 10.1. The van der Waals surface area contributed by atoms with E-state index in [1.54, 1.807) is 7.11 Å². The highest BCUT2D eigenvalue weighted by Crippen LogP contribution is 2.03. The lowest BCUT2D eigenvalue weighted by Crippen LogP contribution is -2.18. The van der Waals surface area contributed by atoms with Crippen LogP contribution < -0.4 is 5.32 Å². The second kappa shape index (κ2) is 8.17. The van der Waals surface area contributed by atoms with Crippen molar-refractivity contribution < 1.29 is 14.2 Å². The predicted octanol–water partition coefficient (Wildman–Crippen LogP) is 0.418. The molecule has 14 heavy (non-hydrogen) atoms. The van der Waals surface area contributed by atoms with E-state index in [9.17, 15) is 0 Å². The van der Waals surface area contributed by atoms with Gasteiger partial charge < -0.3 is 19.5 Å². The van der Waals surface area contributed by atoms with E-state index in [0.29, 0.717) is 19.3 Å². The van der Waals surface area contributed by atoms with Gasteiger partial charge in [-0.2, -0.15) is 0 Å². The van der Waals surface area contributed by atoms with E-state index in [1.165, 1.54) is 0 Å². The molecule has 0 aromatic rings. The first-order chi connectivity index (χ1) is 6.93. The molecule has 1 saturated heterocycles. The number of methoxy groups -OCH3 is 1. The van der Waals surface area contributed by atoms with Crippen LogP contribution in [-0.4, -0.2) is 52.7 Å². The van der Waals surface area contributed by atoms with Gasteiger partial charge in [0.05, 0.1) is 19.3 Å². The summed E-state index contributed by atoms with van der Waals surface area (Å²) >= 11 is 0. The van der Waals surface area contributed by atoms with Crippen molar-refractivity contribution in [1.82, 2.24) is 5.32 Å². The zero-order valence-corrected chi connectivity index (χ0v) is 8.96. The summed E-state index contributed by atoms with van der Waals surface area (Å²) in [6.07, 6.45) is 2.54.